The molecule has 0 amide bonds. The minimum absolute atomic E-state index is 0.358. The zero-order chi connectivity index (χ0) is 12.2. The van der Waals surface area contributed by atoms with Crippen molar-refractivity contribution in [3.8, 4) is 0 Å². The summed E-state index contributed by atoms with van der Waals surface area (Å²) in [4.78, 5) is 33.0. The molecule has 0 radical (unpaired) electrons. The van der Waals surface area contributed by atoms with Gasteiger partial charge in [-0.1, -0.05) is 0 Å². The van der Waals surface area contributed by atoms with Crippen LogP contribution in [0.1, 0.15) is 11.3 Å². The first-order valence-electron chi connectivity index (χ1n) is 5.09. The summed E-state index contributed by atoms with van der Waals surface area (Å²) in [7, 11) is 0. The van der Waals surface area contributed by atoms with Crippen molar-refractivity contribution in [3.63, 3.8) is 0 Å². The Morgan fingerprint density at radius 3 is 2.76 bits per heavy atom. The third-order valence-corrected chi connectivity index (χ3v) is 3.74. The molecule has 3 rings (SSSR count). The number of fused-ring (bicyclic) bond motifs is 3. The average molecular weight is 247 g/mol. The monoisotopic (exact) mass is 247 g/mol. The molecule has 0 atom stereocenters. The Hall–Kier alpha value is -1.95. The highest BCUT2D eigenvalue weighted by Crippen LogP contribution is 2.30. The summed E-state index contributed by atoms with van der Waals surface area (Å²) in [5.74, 6) is 0. The number of nitrogens with one attached hydrogen (secondary N) is 2. The van der Waals surface area contributed by atoms with Crippen molar-refractivity contribution in [2.45, 2.75) is 13.8 Å². The van der Waals surface area contributed by atoms with Gasteiger partial charge in [0.1, 0.15) is 9.53 Å². The first-order valence-corrected chi connectivity index (χ1v) is 5.91. The van der Waals surface area contributed by atoms with Crippen LogP contribution in [0.5, 0.6) is 0 Å². The Labute approximate surface area is 99.1 Å². The number of aryl methyl sites for hydroxylation is 2. The number of aromatic nitrogens is 3. The minimum Gasteiger partial charge on any atom is -0.305 e. The number of rotatable bonds is 0. The molecule has 3 aromatic heterocycles. The molecular formula is C11H9N3O2S. The highest BCUT2D eigenvalue weighted by molar-refractivity contribution is 7.25. The fourth-order valence-corrected chi connectivity index (χ4v) is 3.17. The van der Waals surface area contributed by atoms with E-state index < -0.39 is 5.69 Å². The fourth-order valence-electron chi connectivity index (χ4n) is 2.03. The van der Waals surface area contributed by atoms with E-state index in [1.54, 1.807) is 0 Å². The summed E-state index contributed by atoms with van der Waals surface area (Å²) in [6.45, 7) is 3.85. The highest BCUT2D eigenvalue weighted by Gasteiger charge is 2.12. The molecule has 2 N–H and O–H groups in total. The van der Waals surface area contributed by atoms with E-state index in [0.29, 0.717) is 10.2 Å². The van der Waals surface area contributed by atoms with Crippen molar-refractivity contribution in [2.75, 3.05) is 0 Å². The maximum absolute atomic E-state index is 11.7. The quantitative estimate of drug-likeness (QED) is 0.631. The smallest absolute Gasteiger partial charge is 0.305 e. The molecule has 6 heteroatoms. The summed E-state index contributed by atoms with van der Waals surface area (Å²) in [5.41, 5.74) is 1.66. The molecule has 3 aromatic rings. The van der Waals surface area contributed by atoms with Crippen molar-refractivity contribution in [3.05, 3.63) is 38.2 Å². The third-order valence-electron chi connectivity index (χ3n) is 2.66. The second-order valence-electron chi connectivity index (χ2n) is 3.98. The predicted octanol–water partition coefficient (Wildman–Crippen LogP) is 1.44. The van der Waals surface area contributed by atoms with Crippen LogP contribution in [-0.4, -0.2) is 15.0 Å². The summed E-state index contributed by atoms with van der Waals surface area (Å²) in [6.07, 6.45) is 0. The van der Waals surface area contributed by atoms with Gasteiger partial charge in [0, 0.05) is 11.1 Å². The summed E-state index contributed by atoms with van der Waals surface area (Å²) >= 11 is 1.30. The van der Waals surface area contributed by atoms with E-state index in [-0.39, 0.29) is 5.56 Å². The normalized spacial score (nSPS) is 11.4. The Kier molecular flexibility index (Phi) is 1.97. The van der Waals surface area contributed by atoms with Gasteiger partial charge >= 0.3 is 5.69 Å². The lowest BCUT2D eigenvalue weighted by atomic mass is 10.1. The molecule has 0 fully saturated rings. The standard InChI is InChI=1S/C11H9N3O2S/c1-4-3-5(2)12-10-6(4)7-8(17-10)9(15)14-11(16)13-7/h3H,1-2H3,(H2,13,14,15,16). The Balaban J connectivity index is 2.70. The number of hydrogen-bond donors (Lipinski definition) is 2. The van der Waals surface area contributed by atoms with Gasteiger partial charge in [-0.2, -0.15) is 0 Å². The van der Waals surface area contributed by atoms with Crippen LogP contribution in [0.25, 0.3) is 20.4 Å². The fraction of sp³-hybridized carbons (Fsp3) is 0.182. The van der Waals surface area contributed by atoms with Crippen LogP contribution in [0, 0.1) is 13.8 Å². The van der Waals surface area contributed by atoms with Crippen LogP contribution in [0.15, 0.2) is 15.7 Å². The van der Waals surface area contributed by atoms with E-state index in [1.165, 1.54) is 11.3 Å². The lowest BCUT2D eigenvalue weighted by Gasteiger charge is -1.98. The van der Waals surface area contributed by atoms with Crippen molar-refractivity contribution in [2.24, 2.45) is 0 Å². The van der Waals surface area contributed by atoms with E-state index in [4.69, 9.17) is 0 Å². The van der Waals surface area contributed by atoms with Crippen molar-refractivity contribution in [1.82, 2.24) is 15.0 Å². The first-order chi connectivity index (χ1) is 8.06. The second kappa shape index (κ2) is 3.27. The topological polar surface area (TPSA) is 78.6 Å². The summed E-state index contributed by atoms with van der Waals surface area (Å²) in [5, 5.41) is 0.860. The zero-order valence-corrected chi connectivity index (χ0v) is 10.1. The van der Waals surface area contributed by atoms with E-state index in [1.807, 2.05) is 19.9 Å². The molecule has 0 aliphatic heterocycles. The molecule has 0 spiro atoms. The lowest BCUT2D eigenvalue weighted by molar-refractivity contribution is 1.09. The SMILES string of the molecule is Cc1cc(C)c2c(n1)sc1c(=O)[nH]c(=O)[nH]c12. The largest absolute Gasteiger partial charge is 0.326 e. The van der Waals surface area contributed by atoms with Gasteiger partial charge in [0.05, 0.1) is 5.52 Å². The van der Waals surface area contributed by atoms with Gasteiger partial charge in [-0.05, 0) is 25.5 Å². The van der Waals surface area contributed by atoms with Crippen LogP contribution in [0.4, 0.5) is 0 Å². The number of aromatic amines is 2. The Morgan fingerprint density at radius 2 is 2.00 bits per heavy atom. The molecule has 0 aliphatic carbocycles. The molecule has 17 heavy (non-hydrogen) atoms. The van der Waals surface area contributed by atoms with Crippen LogP contribution < -0.4 is 11.2 Å². The second-order valence-corrected chi connectivity index (χ2v) is 4.97. The van der Waals surface area contributed by atoms with Gasteiger partial charge in [0.15, 0.2) is 0 Å². The van der Waals surface area contributed by atoms with Gasteiger partial charge < -0.3 is 4.98 Å². The Morgan fingerprint density at radius 1 is 1.24 bits per heavy atom. The molecule has 0 aliphatic rings. The summed E-state index contributed by atoms with van der Waals surface area (Å²) in [6, 6.07) is 1.94. The zero-order valence-electron chi connectivity index (χ0n) is 9.25. The van der Waals surface area contributed by atoms with Crippen molar-refractivity contribution in [1.29, 1.82) is 0 Å². The molecule has 0 saturated carbocycles. The number of hydrogen-bond acceptors (Lipinski definition) is 4. The van der Waals surface area contributed by atoms with E-state index >= 15 is 0 Å². The highest BCUT2D eigenvalue weighted by atomic mass is 32.1. The van der Waals surface area contributed by atoms with Crippen LogP contribution in [0.2, 0.25) is 0 Å². The van der Waals surface area contributed by atoms with Gasteiger partial charge in [-0.15, -0.1) is 11.3 Å². The van der Waals surface area contributed by atoms with E-state index in [9.17, 15) is 9.59 Å². The van der Waals surface area contributed by atoms with E-state index in [0.717, 1.165) is 21.5 Å². The van der Waals surface area contributed by atoms with Crippen LogP contribution in [0.3, 0.4) is 0 Å². The molecular weight excluding hydrogens is 238 g/mol. The molecule has 0 unspecified atom stereocenters. The molecule has 3 heterocycles. The number of nitrogens with zero attached hydrogens (tertiary/aromatic N) is 1. The predicted molar refractivity (Wildman–Crippen MR) is 67.8 cm³/mol. The molecule has 5 nitrogen and oxygen atoms in total. The van der Waals surface area contributed by atoms with Gasteiger partial charge in [-0.3, -0.25) is 9.78 Å². The third kappa shape index (κ3) is 1.41. The maximum Gasteiger partial charge on any atom is 0.326 e. The molecule has 0 bridgehead atoms. The minimum atomic E-state index is -0.484. The summed E-state index contributed by atoms with van der Waals surface area (Å²) < 4.78 is 0.515. The molecule has 0 saturated heterocycles. The average Bonchev–Trinajstić information content (AvgIpc) is 2.56. The lowest BCUT2D eigenvalue weighted by Crippen LogP contribution is -2.20. The van der Waals surface area contributed by atoms with Gasteiger partial charge in [0.2, 0.25) is 0 Å². The van der Waals surface area contributed by atoms with Crippen LogP contribution >= 0.6 is 11.3 Å². The van der Waals surface area contributed by atoms with Crippen LogP contribution in [-0.2, 0) is 0 Å². The molecule has 0 aromatic carbocycles. The number of thiophene rings is 1. The van der Waals surface area contributed by atoms with Crippen molar-refractivity contribution >= 4 is 31.8 Å². The van der Waals surface area contributed by atoms with E-state index in [2.05, 4.69) is 15.0 Å². The van der Waals surface area contributed by atoms with Gasteiger partial charge in [0.25, 0.3) is 5.56 Å². The Bertz CT molecular complexity index is 857. The first kappa shape index (κ1) is 10.2. The maximum atomic E-state index is 11.7. The number of pyridine rings is 1. The molecule has 86 valence electrons. The number of H-pyrrole nitrogens is 2. The van der Waals surface area contributed by atoms with Crippen molar-refractivity contribution < 1.29 is 0 Å². The van der Waals surface area contributed by atoms with Gasteiger partial charge in [-0.25, -0.2) is 9.78 Å².